The van der Waals surface area contributed by atoms with Gasteiger partial charge in [-0.05, 0) is 65.7 Å². The number of carbonyl (C=O) groups is 1. The second-order valence-corrected chi connectivity index (χ2v) is 11.1. The number of halogens is 1. The first-order valence-corrected chi connectivity index (χ1v) is 13.3. The Balaban J connectivity index is 1.66. The fourth-order valence-corrected chi connectivity index (χ4v) is 6.57. The minimum Gasteiger partial charge on any atom is -0.383 e. The van der Waals surface area contributed by atoms with Gasteiger partial charge in [0.25, 0.3) is 0 Å². The maximum absolute atomic E-state index is 13.7. The fraction of sp³-hybridized carbons (Fsp3) is 0.320. The minimum absolute atomic E-state index is 0.00845. The molecule has 0 N–H and O–H groups in total. The van der Waals surface area contributed by atoms with E-state index >= 15 is 0 Å². The summed E-state index contributed by atoms with van der Waals surface area (Å²) in [5, 5.41) is 2.04. The van der Waals surface area contributed by atoms with Crippen molar-refractivity contribution in [3.8, 4) is 0 Å². The summed E-state index contributed by atoms with van der Waals surface area (Å²) in [5.74, 6) is -0.814. The number of benzene rings is 2. The average molecular weight is 503 g/mol. The summed E-state index contributed by atoms with van der Waals surface area (Å²) >= 11 is 1.68. The highest BCUT2D eigenvalue weighted by atomic mass is 32.2. The quantitative estimate of drug-likeness (QED) is 0.467. The van der Waals surface area contributed by atoms with Crippen LogP contribution in [0.15, 0.2) is 64.9 Å². The SMILES string of the molecule is COCCN(CC(=O)N1CCc2sccc2C1c1ccccc1C)S(=O)(=O)c1ccc(F)cc1. The highest BCUT2D eigenvalue weighted by Gasteiger charge is 2.36. The summed E-state index contributed by atoms with van der Waals surface area (Å²) < 4.78 is 46.2. The van der Waals surface area contributed by atoms with Crippen LogP contribution in [0.25, 0.3) is 0 Å². The predicted octanol–water partition coefficient (Wildman–Crippen LogP) is 4.01. The molecule has 1 aromatic heterocycles. The Morgan fingerprint density at radius 3 is 2.59 bits per heavy atom. The maximum Gasteiger partial charge on any atom is 0.243 e. The van der Waals surface area contributed by atoms with Gasteiger partial charge in [-0.1, -0.05) is 24.3 Å². The number of hydrogen-bond donors (Lipinski definition) is 0. The third-order valence-corrected chi connectivity index (χ3v) is 8.93. The topological polar surface area (TPSA) is 66.9 Å². The van der Waals surface area contributed by atoms with Crippen LogP contribution in [-0.2, 0) is 26.0 Å². The number of hydrogen-bond acceptors (Lipinski definition) is 5. The van der Waals surface area contributed by atoms with Crippen molar-refractivity contribution in [3.63, 3.8) is 0 Å². The van der Waals surface area contributed by atoms with Crippen molar-refractivity contribution in [2.45, 2.75) is 24.3 Å². The van der Waals surface area contributed by atoms with Crippen molar-refractivity contribution in [3.05, 3.63) is 87.4 Å². The zero-order valence-corrected chi connectivity index (χ0v) is 20.7. The van der Waals surface area contributed by atoms with Gasteiger partial charge in [0.2, 0.25) is 15.9 Å². The highest BCUT2D eigenvalue weighted by Crippen LogP contribution is 2.39. The number of fused-ring (bicyclic) bond motifs is 1. The highest BCUT2D eigenvalue weighted by molar-refractivity contribution is 7.89. The van der Waals surface area contributed by atoms with Crippen LogP contribution < -0.4 is 0 Å². The summed E-state index contributed by atoms with van der Waals surface area (Å²) in [6.45, 7) is 2.33. The summed E-state index contributed by atoms with van der Waals surface area (Å²) in [5.41, 5.74) is 3.18. The molecule has 2 heterocycles. The van der Waals surface area contributed by atoms with Crippen molar-refractivity contribution in [2.24, 2.45) is 0 Å². The third kappa shape index (κ3) is 4.93. The van der Waals surface area contributed by atoms with Crippen LogP contribution >= 0.6 is 11.3 Å². The molecule has 1 unspecified atom stereocenters. The van der Waals surface area contributed by atoms with Gasteiger partial charge in [-0.2, -0.15) is 4.31 Å². The molecular formula is C25H27FN2O4S2. The van der Waals surface area contributed by atoms with Gasteiger partial charge < -0.3 is 9.64 Å². The van der Waals surface area contributed by atoms with Gasteiger partial charge >= 0.3 is 0 Å². The lowest BCUT2D eigenvalue weighted by Crippen LogP contribution is -2.47. The normalized spacial score (nSPS) is 16.0. The Kier molecular flexibility index (Phi) is 7.47. The van der Waals surface area contributed by atoms with E-state index in [1.54, 1.807) is 16.2 Å². The van der Waals surface area contributed by atoms with Crippen LogP contribution in [0.3, 0.4) is 0 Å². The van der Waals surface area contributed by atoms with Crippen LogP contribution in [0.1, 0.15) is 27.6 Å². The molecule has 0 bridgehead atoms. The van der Waals surface area contributed by atoms with Gasteiger partial charge in [-0.15, -0.1) is 11.3 Å². The number of carbonyl (C=O) groups excluding carboxylic acids is 1. The molecule has 0 aliphatic carbocycles. The van der Waals surface area contributed by atoms with Crippen molar-refractivity contribution in [1.29, 1.82) is 0 Å². The second kappa shape index (κ2) is 10.4. The Labute approximate surface area is 203 Å². The van der Waals surface area contributed by atoms with Crippen molar-refractivity contribution in [1.82, 2.24) is 9.21 Å². The van der Waals surface area contributed by atoms with Gasteiger partial charge in [-0.3, -0.25) is 4.79 Å². The molecular weight excluding hydrogens is 475 g/mol. The molecule has 2 aromatic carbocycles. The number of rotatable bonds is 8. The molecule has 4 rings (SSSR count). The first-order valence-electron chi connectivity index (χ1n) is 11.0. The summed E-state index contributed by atoms with van der Waals surface area (Å²) in [4.78, 5) is 16.6. The zero-order valence-electron chi connectivity index (χ0n) is 19.1. The number of sulfonamides is 1. The Hall–Kier alpha value is -2.59. The molecule has 1 amide bonds. The summed E-state index contributed by atoms with van der Waals surface area (Å²) in [7, 11) is -2.55. The molecule has 1 aliphatic heterocycles. The number of aryl methyl sites for hydroxylation is 1. The predicted molar refractivity (Wildman–Crippen MR) is 130 cm³/mol. The minimum atomic E-state index is -4.02. The molecule has 1 atom stereocenters. The molecule has 0 saturated heterocycles. The number of ether oxygens (including phenoxy) is 1. The summed E-state index contributed by atoms with van der Waals surface area (Å²) in [6, 6.07) is 14.3. The molecule has 0 saturated carbocycles. The van der Waals surface area contributed by atoms with E-state index in [0.29, 0.717) is 6.54 Å². The standard InChI is InChI=1S/C25H27FN2O4S2/c1-18-5-3-4-6-21(18)25-22-12-16-33-23(22)11-13-28(25)24(29)17-27(14-15-32-2)34(30,31)20-9-7-19(26)8-10-20/h3-10,12,16,25H,11,13-15,17H2,1-2H3. The molecule has 1 aliphatic rings. The van der Waals surface area contributed by atoms with Crippen molar-refractivity contribution in [2.75, 3.05) is 33.4 Å². The van der Waals surface area contributed by atoms with Crippen LogP contribution in [0.2, 0.25) is 0 Å². The summed E-state index contributed by atoms with van der Waals surface area (Å²) in [6.07, 6.45) is 0.726. The monoisotopic (exact) mass is 502 g/mol. The molecule has 34 heavy (non-hydrogen) atoms. The number of nitrogens with zero attached hydrogens (tertiary/aromatic N) is 2. The first-order chi connectivity index (χ1) is 16.3. The van der Waals surface area contributed by atoms with Crippen LogP contribution in [0.4, 0.5) is 4.39 Å². The largest absolute Gasteiger partial charge is 0.383 e. The Bertz CT molecular complexity index is 1260. The van der Waals surface area contributed by atoms with Crippen LogP contribution in [0.5, 0.6) is 0 Å². The Morgan fingerprint density at radius 1 is 1.15 bits per heavy atom. The van der Waals surface area contributed by atoms with E-state index in [2.05, 4.69) is 6.07 Å². The smallest absolute Gasteiger partial charge is 0.243 e. The molecule has 9 heteroatoms. The number of methoxy groups -OCH3 is 1. The van der Waals surface area contributed by atoms with Gasteiger partial charge in [0.1, 0.15) is 5.82 Å². The maximum atomic E-state index is 13.7. The van der Waals surface area contributed by atoms with E-state index < -0.39 is 15.8 Å². The zero-order chi connectivity index (χ0) is 24.3. The molecule has 180 valence electrons. The van der Waals surface area contributed by atoms with Gasteiger partial charge in [0.15, 0.2) is 0 Å². The lowest BCUT2D eigenvalue weighted by molar-refractivity contribution is -0.133. The average Bonchev–Trinajstić information content (AvgIpc) is 3.30. The van der Waals surface area contributed by atoms with Gasteiger partial charge in [-0.25, -0.2) is 12.8 Å². The van der Waals surface area contributed by atoms with Crippen molar-refractivity contribution >= 4 is 27.3 Å². The molecule has 0 spiro atoms. The second-order valence-electron chi connectivity index (χ2n) is 8.18. The molecule has 0 fully saturated rings. The lowest BCUT2D eigenvalue weighted by Gasteiger charge is -2.38. The fourth-order valence-electron chi connectivity index (χ4n) is 4.29. The van der Waals surface area contributed by atoms with Crippen LogP contribution in [0, 0.1) is 12.7 Å². The van der Waals surface area contributed by atoms with E-state index in [1.807, 2.05) is 36.6 Å². The molecule has 0 radical (unpaired) electrons. The van der Waals surface area contributed by atoms with Gasteiger partial charge in [0.05, 0.1) is 24.1 Å². The van der Waals surface area contributed by atoms with E-state index in [9.17, 15) is 17.6 Å². The van der Waals surface area contributed by atoms with Crippen LogP contribution in [-0.4, -0.2) is 56.9 Å². The lowest BCUT2D eigenvalue weighted by atomic mass is 9.90. The molecule has 3 aromatic rings. The van der Waals surface area contributed by atoms with E-state index in [4.69, 9.17) is 4.74 Å². The Morgan fingerprint density at radius 2 is 1.88 bits per heavy atom. The third-order valence-electron chi connectivity index (χ3n) is 6.08. The number of thiophene rings is 1. The van der Waals surface area contributed by atoms with E-state index in [1.165, 1.54) is 24.1 Å². The van der Waals surface area contributed by atoms with E-state index in [0.717, 1.165) is 39.5 Å². The van der Waals surface area contributed by atoms with Crippen molar-refractivity contribution < 1.29 is 22.3 Å². The molecule has 6 nitrogen and oxygen atoms in total. The number of amides is 1. The van der Waals surface area contributed by atoms with E-state index in [-0.39, 0.29) is 36.5 Å². The van der Waals surface area contributed by atoms with Gasteiger partial charge in [0, 0.05) is 25.1 Å². The first kappa shape index (κ1) is 24.5.